The molecule has 0 radical (unpaired) electrons. The monoisotopic (exact) mass is 274 g/mol. The van der Waals surface area contributed by atoms with Crippen LogP contribution >= 0.6 is 27.5 Å². The molecular formula is C11H12BrClO. The number of carbonyl (C=O) groups is 1. The quantitative estimate of drug-likeness (QED) is 0.605. The van der Waals surface area contributed by atoms with E-state index in [-0.39, 0.29) is 5.78 Å². The van der Waals surface area contributed by atoms with Crippen LogP contribution in [0.15, 0.2) is 22.7 Å². The van der Waals surface area contributed by atoms with Gasteiger partial charge in [0, 0.05) is 10.0 Å². The normalized spacial score (nSPS) is 12.6. The summed E-state index contributed by atoms with van der Waals surface area (Å²) < 4.78 is 0.975. The molecule has 14 heavy (non-hydrogen) atoms. The number of halogens is 2. The molecule has 1 rings (SSSR count). The molecule has 0 aliphatic carbocycles. The van der Waals surface area contributed by atoms with Gasteiger partial charge in [-0.15, -0.1) is 11.6 Å². The average Bonchev–Trinajstić information content (AvgIpc) is 2.16. The van der Waals surface area contributed by atoms with Gasteiger partial charge in [0.15, 0.2) is 5.78 Å². The van der Waals surface area contributed by atoms with E-state index in [2.05, 4.69) is 22.9 Å². The van der Waals surface area contributed by atoms with E-state index in [4.69, 9.17) is 11.6 Å². The number of carbonyl (C=O) groups excluding carboxylic acids is 1. The van der Waals surface area contributed by atoms with Crippen molar-refractivity contribution in [3.8, 4) is 0 Å². The third-order valence-electron chi connectivity index (χ3n) is 2.08. The van der Waals surface area contributed by atoms with Crippen molar-refractivity contribution >= 4 is 33.3 Å². The van der Waals surface area contributed by atoms with Crippen LogP contribution in [0.25, 0.3) is 0 Å². The van der Waals surface area contributed by atoms with Crippen molar-refractivity contribution in [3.05, 3.63) is 33.8 Å². The number of ketones is 1. The Kier molecular flexibility index (Phi) is 4.14. The van der Waals surface area contributed by atoms with Crippen molar-refractivity contribution in [2.75, 3.05) is 0 Å². The Bertz CT molecular complexity index is 347. The van der Waals surface area contributed by atoms with E-state index < -0.39 is 5.38 Å². The lowest BCUT2D eigenvalue weighted by Crippen LogP contribution is -2.10. The lowest BCUT2D eigenvalue weighted by molar-refractivity contribution is 0.0991. The van der Waals surface area contributed by atoms with Crippen LogP contribution in [0.1, 0.15) is 29.8 Å². The number of rotatable bonds is 3. The minimum atomic E-state index is -0.464. The standard InChI is InChI=1S/C11H12BrClO/c1-3-8-4-5-9(6-10(8)12)11(14)7(2)13/h4-7H,3H2,1-2H3. The number of aryl methyl sites for hydroxylation is 1. The minimum Gasteiger partial charge on any atom is -0.293 e. The highest BCUT2D eigenvalue weighted by Crippen LogP contribution is 2.20. The predicted molar refractivity (Wildman–Crippen MR) is 63.2 cm³/mol. The molecule has 0 bridgehead atoms. The van der Waals surface area contributed by atoms with E-state index in [9.17, 15) is 4.79 Å². The van der Waals surface area contributed by atoms with Crippen LogP contribution in [-0.4, -0.2) is 11.2 Å². The predicted octanol–water partition coefficient (Wildman–Crippen LogP) is 3.82. The Labute approximate surface area is 97.6 Å². The van der Waals surface area contributed by atoms with Crippen molar-refractivity contribution in [1.29, 1.82) is 0 Å². The lowest BCUT2D eigenvalue weighted by atomic mass is 10.1. The summed E-state index contributed by atoms with van der Waals surface area (Å²) in [6.45, 7) is 3.76. The molecule has 0 aliphatic heterocycles. The van der Waals surface area contributed by atoms with E-state index in [0.717, 1.165) is 10.9 Å². The zero-order valence-corrected chi connectivity index (χ0v) is 10.5. The molecule has 1 aromatic rings. The topological polar surface area (TPSA) is 17.1 Å². The molecular weight excluding hydrogens is 263 g/mol. The van der Waals surface area contributed by atoms with Crippen molar-refractivity contribution in [2.45, 2.75) is 25.6 Å². The van der Waals surface area contributed by atoms with Gasteiger partial charge in [-0.1, -0.05) is 35.0 Å². The molecule has 0 saturated carbocycles. The fraction of sp³-hybridized carbons (Fsp3) is 0.364. The Hall–Kier alpha value is -0.340. The number of alkyl halides is 1. The van der Waals surface area contributed by atoms with Crippen LogP contribution in [0, 0.1) is 0 Å². The highest BCUT2D eigenvalue weighted by Gasteiger charge is 2.12. The second-order valence-electron chi connectivity index (χ2n) is 3.14. The molecule has 1 aromatic carbocycles. The zero-order chi connectivity index (χ0) is 10.7. The van der Waals surface area contributed by atoms with Gasteiger partial charge in [0.1, 0.15) is 0 Å². The molecule has 0 aromatic heterocycles. The molecule has 0 aliphatic rings. The van der Waals surface area contributed by atoms with E-state index in [0.29, 0.717) is 5.56 Å². The smallest absolute Gasteiger partial charge is 0.180 e. The summed E-state index contributed by atoms with van der Waals surface area (Å²) >= 11 is 9.15. The van der Waals surface area contributed by atoms with Crippen LogP contribution in [0.4, 0.5) is 0 Å². The first-order valence-corrected chi connectivity index (χ1v) is 5.76. The third kappa shape index (κ3) is 2.58. The zero-order valence-electron chi connectivity index (χ0n) is 8.18. The van der Waals surface area contributed by atoms with Gasteiger partial charge < -0.3 is 0 Å². The van der Waals surface area contributed by atoms with Gasteiger partial charge in [-0.05, 0) is 25.0 Å². The van der Waals surface area contributed by atoms with Crippen molar-refractivity contribution in [1.82, 2.24) is 0 Å². The Balaban J connectivity index is 3.03. The van der Waals surface area contributed by atoms with Gasteiger partial charge in [0.05, 0.1) is 5.38 Å². The molecule has 76 valence electrons. The first-order chi connectivity index (χ1) is 6.56. The maximum atomic E-state index is 11.5. The molecule has 1 atom stereocenters. The van der Waals surface area contributed by atoms with Crippen LogP contribution in [-0.2, 0) is 6.42 Å². The molecule has 0 heterocycles. The molecule has 1 unspecified atom stereocenters. The number of Topliss-reactive ketones (excluding diaryl/α,β-unsaturated/α-hetero) is 1. The molecule has 0 fully saturated rings. The molecule has 0 N–H and O–H groups in total. The van der Waals surface area contributed by atoms with Gasteiger partial charge in [-0.25, -0.2) is 0 Å². The van der Waals surface area contributed by atoms with Gasteiger partial charge in [0.2, 0.25) is 0 Å². The Morgan fingerprint density at radius 2 is 2.21 bits per heavy atom. The second-order valence-corrected chi connectivity index (χ2v) is 4.65. The fourth-order valence-electron chi connectivity index (χ4n) is 1.22. The second kappa shape index (κ2) is 4.94. The van der Waals surface area contributed by atoms with E-state index in [1.807, 2.05) is 18.2 Å². The molecule has 0 amide bonds. The highest BCUT2D eigenvalue weighted by molar-refractivity contribution is 9.10. The number of hydrogen-bond acceptors (Lipinski definition) is 1. The van der Waals surface area contributed by atoms with Crippen molar-refractivity contribution in [2.24, 2.45) is 0 Å². The Morgan fingerprint density at radius 3 is 2.64 bits per heavy atom. The summed E-state index contributed by atoms with van der Waals surface area (Å²) in [4.78, 5) is 11.5. The third-order valence-corrected chi connectivity index (χ3v) is 3.02. The van der Waals surface area contributed by atoms with E-state index in [1.54, 1.807) is 6.92 Å². The number of benzene rings is 1. The molecule has 0 spiro atoms. The van der Waals surface area contributed by atoms with Crippen LogP contribution < -0.4 is 0 Å². The summed E-state index contributed by atoms with van der Waals surface area (Å²) in [6.07, 6.45) is 0.950. The molecule has 1 nitrogen and oxygen atoms in total. The summed E-state index contributed by atoms with van der Waals surface area (Å²) in [5.41, 5.74) is 1.86. The van der Waals surface area contributed by atoms with E-state index in [1.165, 1.54) is 5.56 Å². The van der Waals surface area contributed by atoms with Gasteiger partial charge >= 0.3 is 0 Å². The maximum Gasteiger partial charge on any atom is 0.180 e. The summed E-state index contributed by atoms with van der Waals surface area (Å²) in [7, 11) is 0. The maximum absolute atomic E-state index is 11.5. The van der Waals surface area contributed by atoms with Gasteiger partial charge in [0.25, 0.3) is 0 Å². The average molecular weight is 276 g/mol. The van der Waals surface area contributed by atoms with Crippen LogP contribution in [0.3, 0.4) is 0 Å². The fourth-order valence-corrected chi connectivity index (χ4v) is 2.00. The highest BCUT2D eigenvalue weighted by atomic mass is 79.9. The summed E-state index contributed by atoms with van der Waals surface area (Å²) in [5, 5.41) is -0.464. The largest absolute Gasteiger partial charge is 0.293 e. The van der Waals surface area contributed by atoms with Gasteiger partial charge in [-0.3, -0.25) is 4.79 Å². The lowest BCUT2D eigenvalue weighted by Gasteiger charge is -2.06. The minimum absolute atomic E-state index is 0.0324. The Morgan fingerprint density at radius 1 is 1.57 bits per heavy atom. The van der Waals surface area contributed by atoms with Crippen molar-refractivity contribution in [3.63, 3.8) is 0 Å². The van der Waals surface area contributed by atoms with Gasteiger partial charge in [-0.2, -0.15) is 0 Å². The first kappa shape index (κ1) is 11.7. The van der Waals surface area contributed by atoms with Crippen molar-refractivity contribution < 1.29 is 4.79 Å². The SMILES string of the molecule is CCc1ccc(C(=O)C(C)Cl)cc1Br. The van der Waals surface area contributed by atoms with Crippen LogP contribution in [0.2, 0.25) is 0 Å². The first-order valence-electron chi connectivity index (χ1n) is 4.53. The van der Waals surface area contributed by atoms with E-state index >= 15 is 0 Å². The molecule has 3 heteroatoms. The summed E-state index contributed by atoms with van der Waals surface area (Å²) in [6, 6.07) is 5.61. The number of hydrogen-bond donors (Lipinski definition) is 0. The molecule has 0 saturated heterocycles. The van der Waals surface area contributed by atoms with Crippen LogP contribution in [0.5, 0.6) is 0 Å². The summed E-state index contributed by atoms with van der Waals surface area (Å²) in [5.74, 6) is -0.0324.